The van der Waals surface area contributed by atoms with E-state index >= 15 is 0 Å². The number of aromatic nitrogens is 3. The number of nitrogens with one attached hydrogen (secondary N) is 1. The number of piperidine rings is 1. The molecule has 0 bridgehead atoms. The smallest absolute Gasteiger partial charge is 0.254 e. The Bertz CT molecular complexity index is 1080. The van der Waals surface area contributed by atoms with Gasteiger partial charge >= 0.3 is 0 Å². The average molecular weight is 448 g/mol. The average Bonchev–Trinajstić information content (AvgIpc) is 3.52. The Kier molecular flexibility index (Phi) is 6.69. The lowest BCUT2D eigenvalue weighted by Crippen LogP contribution is -2.43. The molecule has 3 heterocycles. The van der Waals surface area contributed by atoms with Crippen molar-refractivity contribution in [1.82, 2.24) is 25.2 Å². The summed E-state index contributed by atoms with van der Waals surface area (Å²) in [5.74, 6) is 0.581. The van der Waals surface area contributed by atoms with E-state index in [9.17, 15) is 4.79 Å². The van der Waals surface area contributed by atoms with E-state index in [2.05, 4.69) is 51.5 Å². The second kappa shape index (κ2) is 10.0. The molecule has 0 spiro atoms. The van der Waals surface area contributed by atoms with E-state index < -0.39 is 0 Å². The van der Waals surface area contributed by atoms with E-state index in [1.165, 1.54) is 11.1 Å². The third-order valence-corrected chi connectivity index (χ3v) is 7.14. The van der Waals surface area contributed by atoms with Gasteiger partial charge in [0.05, 0.1) is 6.10 Å². The molecule has 2 fully saturated rings. The maximum Gasteiger partial charge on any atom is 0.254 e. The van der Waals surface area contributed by atoms with Crippen LogP contribution in [0.2, 0.25) is 0 Å². The zero-order chi connectivity index (χ0) is 22.6. The first-order chi connectivity index (χ1) is 16.2. The molecule has 0 saturated carbocycles. The van der Waals surface area contributed by atoms with Crippen molar-refractivity contribution >= 4 is 16.9 Å². The van der Waals surface area contributed by atoms with E-state index in [4.69, 9.17) is 4.74 Å². The van der Waals surface area contributed by atoms with E-state index in [1.54, 1.807) is 0 Å². The Morgan fingerprint density at radius 1 is 1.09 bits per heavy atom. The zero-order valence-electron chi connectivity index (χ0n) is 19.4. The fourth-order valence-corrected chi connectivity index (χ4v) is 5.10. The normalized spacial score (nSPS) is 19.8. The fourth-order valence-electron chi connectivity index (χ4n) is 5.10. The summed E-state index contributed by atoms with van der Waals surface area (Å²) in [5, 5.41) is 10.9. The number of carbonyl (C=O) groups is 1. The van der Waals surface area contributed by atoms with Crippen LogP contribution in [0.25, 0.3) is 11.0 Å². The fraction of sp³-hybridized carbons (Fsp3) is 0.500. The summed E-state index contributed by atoms with van der Waals surface area (Å²) in [6, 6.07) is 14.2. The van der Waals surface area contributed by atoms with Gasteiger partial charge in [-0.15, -0.1) is 0 Å². The molecule has 3 aromatic rings. The van der Waals surface area contributed by atoms with Gasteiger partial charge in [-0.3, -0.25) is 9.69 Å². The number of likely N-dealkylation sites (tertiary alicyclic amines) is 1. The molecule has 2 saturated heterocycles. The molecule has 2 aliphatic heterocycles. The molecular formula is C26H33N5O2. The number of amides is 1. The van der Waals surface area contributed by atoms with Crippen molar-refractivity contribution in [2.45, 2.75) is 45.3 Å². The van der Waals surface area contributed by atoms with E-state index in [0.29, 0.717) is 18.0 Å². The minimum atomic E-state index is 0.0674. The molecule has 2 aromatic carbocycles. The minimum Gasteiger partial charge on any atom is -0.376 e. The predicted octanol–water partition coefficient (Wildman–Crippen LogP) is 3.80. The number of aryl methyl sites for hydroxylation is 1. The molecule has 2 aliphatic rings. The highest BCUT2D eigenvalue weighted by Gasteiger charge is 2.28. The van der Waals surface area contributed by atoms with Gasteiger partial charge in [-0.05, 0) is 80.9 Å². The van der Waals surface area contributed by atoms with Gasteiger partial charge in [0.15, 0.2) is 0 Å². The number of nitrogens with zero attached hydrogens (tertiary/aromatic N) is 4. The number of fused-ring (bicyclic) bond motifs is 1. The summed E-state index contributed by atoms with van der Waals surface area (Å²) in [5.41, 5.74) is 4.94. The molecular weight excluding hydrogens is 414 g/mol. The van der Waals surface area contributed by atoms with Crippen molar-refractivity contribution in [1.29, 1.82) is 0 Å². The first kappa shape index (κ1) is 22.0. The summed E-state index contributed by atoms with van der Waals surface area (Å²) >= 11 is 0. The van der Waals surface area contributed by atoms with Crippen molar-refractivity contribution < 1.29 is 9.53 Å². The highest BCUT2D eigenvalue weighted by molar-refractivity contribution is 5.97. The van der Waals surface area contributed by atoms with E-state index in [0.717, 1.165) is 69.5 Å². The molecule has 5 rings (SSSR count). The SMILES string of the molecule is Cc1ccccc1CN1CCC(CN(CC2CCCO2)C(=O)c2ccc3n[nH]nc3c2)CC1. The number of aromatic amines is 1. The summed E-state index contributed by atoms with van der Waals surface area (Å²) in [6.07, 6.45) is 4.48. The molecule has 33 heavy (non-hydrogen) atoms. The second-order valence-corrected chi connectivity index (χ2v) is 9.52. The number of hydrogen-bond donors (Lipinski definition) is 1. The molecule has 1 aromatic heterocycles. The first-order valence-corrected chi connectivity index (χ1v) is 12.1. The Morgan fingerprint density at radius 3 is 2.70 bits per heavy atom. The van der Waals surface area contributed by atoms with Crippen molar-refractivity contribution in [3.05, 3.63) is 59.2 Å². The van der Waals surface area contributed by atoms with Crippen molar-refractivity contribution in [2.75, 3.05) is 32.8 Å². The molecule has 7 nitrogen and oxygen atoms in total. The van der Waals surface area contributed by atoms with Crippen LogP contribution < -0.4 is 0 Å². The Morgan fingerprint density at radius 2 is 1.91 bits per heavy atom. The van der Waals surface area contributed by atoms with Crippen LogP contribution in [-0.2, 0) is 11.3 Å². The van der Waals surface area contributed by atoms with Gasteiger partial charge < -0.3 is 9.64 Å². The van der Waals surface area contributed by atoms with Crippen LogP contribution in [0, 0.1) is 12.8 Å². The molecule has 0 aliphatic carbocycles. The zero-order valence-corrected chi connectivity index (χ0v) is 19.4. The molecule has 1 unspecified atom stereocenters. The van der Waals surface area contributed by atoms with Crippen LogP contribution in [-0.4, -0.2) is 70.0 Å². The highest BCUT2D eigenvalue weighted by Crippen LogP contribution is 2.24. The van der Waals surface area contributed by atoms with Crippen molar-refractivity contribution in [3.8, 4) is 0 Å². The number of ether oxygens (including phenoxy) is 1. The van der Waals surface area contributed by atoms with Crippen LogP contribution in [0.4, 0.5) is 0 Å². The van der Waals surface area contributed by atoms with Crippen molar-refractivity contribution in [3.63, 3.8) is 0 Å². The maximum atomic E-state index is 13.5. The topological polar surface area (TPSA) is 74.3 Å². The van der Waals surface area contributed by atoms with E-state index in [1.807, 2.05) is 23.1 Å². The molecule has 1 atom stereocenters. The van der Waals surface area contributed by atoms with Gasteiger partial charge in [0.25, 0.3) is 5.91 Å². The van der Waals surface area contributed by atoms with Crippen LogP contribution >= 0.6 is 0 Å². The second-order valence-electron chi connectivity index (χ2n) is 9.52. The van der Waals surface area contributed by atoms with Crippen LogP contribution in [0.5, 0.6) is 0 Å². The monoisotopic (exact) mass is 447 g/mol. The Hall–Kier alpha value is -2.77. The Balaban J connectivity index is 1.23. The minimum absolute atomic E-state index is 0.0674. The number of H-pyrrole nitrogens is 1. The highest BCUT2D eigenvalue weighted by atomic mass is 16.5. The number of carbonyl (C=O) groups excluding carboxylic acids is 1. The number of hydrogen-bond acceptors (Lipinski definition) is 5. The number of benzene rings is 2. The maximum absolute atomic E-state index is 13.5. The quantitative estimate of drug-likeness (QED) is 0.596. The van der Waals surface area contributed by atoms with E-state index in [-0.39, 0.29) is 12.0 Å². The van der Waals surface area contributed by atoms with Gasteiger partial charge in [0.2, 0.25) is 0 Å². The van der Waals surface area contributed by atoms with Crippen LogP contribution in [0.1, 0.15) is 47.2 Å². The predicted molar refractivity (Wildman–Crippen MR) is 128 cm³/mol. The standard InChI is InChI=1S/C26H33N5O2/c1-19-5-2-3-6-22(19)17-30-12-10-20(11-13-30)16-31(18-23-7-4-14-33-23)26(32)21-8-9-24-25(15-21)28-29-27-24/h2-3,5-6,8-9,15,20,23H,4,7,10-14,16-18H2,1H3,(H,27,28,29). The molecule has 174 valence electrons. The summed E-state index contributed by atoms with van der Waals surface area (Å²) in [7, 11) is 0. The molecule has 7 heteroatoms. The third kappa shape index (κ3) is 5.25. The Labute approximate surface area is 195 Å². The lowest BCUT2D eigenvalue weighted by atomic mass is 9.95. The van der Waals surface area contributed by atoms with Gasteiger partial charge in [-0.25, -0.2) is 0 Å². The van der Waals surface area contributed by atoms with Gasteiger partial charge in [-0.1, -0.05) is 24.3 Å². The molecule has 1 amide bonds. The number of rotatable bonds is 7. The molecule has 0 radical (unpaired) electrons. The van der Waals surface area contributed by atoms with Gasteiger partial charge in [-0.2, -0.15) is 15.4 Å². The van der Waals surface area contributed by atoms with Gasteiger partial charge in [0.1, 0.15) is 11.0 Å². The lowest BCUT2D eigenvalue weighted by molar-refractivity contribution is 0.0445. The molecule has 1 N–H and O–H groups in total. The lowest BCUT2D eigenvalue weighted by Gasteiger charge is -2.36. The third-order valence-electron chi connectivity index (χ3n) is 7.14. The largest absolute Gasteiger partial charge is 0.376 e. The van der Waals surface area contributed by atoms with Gasteiger partial charge in [0, 0.05) is 31.8 Å². The van der Waals surface area contributed by atoms with Crippen LogP contribution in [0.3, 0.4) is 0 Å². The van der Waals surface area contributed by atoms with Crippen molar-refractivity contribution in [2.24, 2.45) is 5.92 Å². The summed E-state index contributed by atoms with van der Waals surface area (Å²) in [6.45, 7) is 7.60. The first-order valence-electron chi connectivity index (χ1n) is 12.1. The summed E-state index contributed by atoms with van der Waals surface area (Å²) < 4.78 is 5.88. The summed E-state index contributed by atoms with van der Waals surface area (Å²) in [4.78, 5) is 18.1. The van der Waals surface area contributed by atoms with Crippen LogP contribution in [0.15, 0.2) is 42.5 Å².